The number of rotatable bonds is 3. The number of carbonyl (C=O) groups excluding carboxylic acids is 1. The number of aromatic nitrogens is 4. The van der Waals surface area contributed by atoms with E-state index in [1.165, 1.54) is 33.9 Å². The van der Waals surface area contributed by atoms with Gasteiger partial charge in [-0.1, -0.05) is 0 Å². The first-order valence-electron chi connectivity index (χ1n) is 10.7. The number of amides is 1. The molecule has 1 amide bonds. The van der Waals surface area contributed by atoms with Crippen molar-refractivity contribution >= 4 is 22.9 Å². The third-order valence-electron chi connectivity index (χ3n) is 5.91. The molecule has 176 valence electrons. The standard InChI is InChI=1S/C23H19F4N5OS/c1-13-19(34-21(28-13)14-4-7-17(24)8-5-14)22(33)31-10-2-3-15(11-31)20-30-29-18-9-6-16(12-32(18)20)23(25,26)27/h4-9,12,15H,2-3,10-11H2,1H3. The second kappa shape index (κ2) is 8.46. The molecule has 1 atom stereocenters. The molecule has 4 heterocycles. The van der Waals surface area contributed by atoms with Crippen molar-refractivity contribution in [3.8, 4) is 10.6 Å². The Morgan fingerprint density at radius 1 is 1.12 bits per heavy atom. The first-order chi connectivity index (χ1) is 16.2. The van der Waals surface area contributed by atoms with Gasteiger partial charge < -0.3 is 4.90 Å². The number of halogens is 4. The van der Waals surface area contributed by atoms with Crippen LogP contribution in [0.4, 0.5) is 17.6 Å². The summed E-state index contributed by atoms with van der Waals surface area (Å²) in [4.78, 5) is 20.0. The van der Waals surface area contributed by atoms with Crippen LogP contribution in [0.5, 0.6) is 0 Å². The van der Waals surface area contributed by atoms with Gasteiger partial charge >= 0.3 is 6.18 Å². The van der Waals surface area contributed by atoms with E-state index in [4.69, 9.17) is 0 Å². The summed E-state index contributed by atoms with van der Waals surface area (Å²) in [6.07, 6.45) is -2.10. The molecular formula is C23H19F4N5OS. The van der Waals surface area contributed by atoms with Gasteiger partial charge in [0.15, 0.2) is 5.65 Å². The molecule has 0 spiro atoms. The Bertz CT molecular complexity index is 1360. The summed E-state index contributed by atoms with van der Waals surface area (Å²) in [7, 11) is 0. The first kappa shape index (κ1) is 22.5. The molecule has 0 radical (unpaired) electrons. The van der Waals surface area contributed by atoms with Crippen LogP contribution in [0.1, 0.15) is 45.5 Å². The van der Waals surface area contributed by atoms with E-state index in [1.807, 2.05) is 0 Å². The van der Waals surface area contributed by atoms with Gasteiger partial charge in [-0.15, -0.1) is 21.5 Å². The van der Waals surface area contributed by atoms with Gasteiger partial charge in [-0.05, 0) is 56.2 Å². The molecule has 0 bridgehead atoms. The van der Waals surface area contributed by atoms with E-state index in [0.29, 0.717) is 53.0 Å². The average Bonchev–Trinajstić information content (AvgIpc) is 3.42. The molecule has 34 heavy (non-hydrogen) atoms. The molecule has 0 aliphatic carbocycles. The Balaban J connectivity index is 1.40. The number of hydrogen-bond donors (Lipinski definition) is 0. The highest BCUT2D eigenvalue weighted by atomic mass is 32.1. The van der Waals surface area contributed by atoms with Gasteiger partial charge in [-0.25, -0.2) is 9.37 Å². The van der Waals surface area contributed by atoms with Gasteiger partial charge in [0, 0.05) is 30.8 Å². The lowest BCUT2D eigenvalue weighted by Crippen LogP contribution is -2.39. The maximum absolute atomic E-state index is 13.3. The van der Waals surface area contributed by atoms with Gasteiger partial charge in [0.2, 0.25) is 0 Å². The van der Waals surface area contributed by atoms with E-state index in [2.05, 4.69) is 15.2 Å². The van der Waals surface area contributed by atoms with Gasteiger partial charge in [-0.2, -0.15) is 13.2 Å². The summed E-state index contributed by atoms with van der Waals surface area (Å²) >= 11 is 1.24. The van der Waals surface area contributed by atoms with Crippen LogP contribution >= 0.6 is 11.3 Å². The Hall–Kier alpha value is -3.34. The number of hydrogen-bond acceptors (Lipinski definition) is 5. The Morgan fingerprint density at radius 3 is 2.62 bits per heavy atom. The molecule has 1 saturated heterocycles. The van der Waals surface area contributed by atoms with Crippen molar-refractivity contribution in [1.29, 1.82) is 0 Å². The van der Waals surface area contributed by atoms with E-state index in [0.717, 1.165) is 17.8 Å². The van der Waals surface area contributed by atoms with Crippen LogP contribution < -0.4 is 0 Å². The van der Waals surface area contributed by atoms with Crippen LogP contribution in [-0.4, -0.2) is 43.5 Å². The fourth-order valence-corrected chi connectivity index (χ4v) is 5.22. The Labute approximate surface area is 195 Å². The summed E-state index contributed by atoms with van der Waals surface area (Å²) in [5.74, 6) is -0.374. The fraction of sp³-hybridized carbons (Fsp3) is 0.304. The number of piperidine rings is 1. The number of nitrogens with zero attached hydrogens (tertiary/aromatic N) is 5. The number of carbonyl (C=O) groups is 1. The monoisotopic (exact) mass is 489 g/mol. The molecule has 6 nitrogen and oxygen atoms in total. The molecule has 5 rings (SSSR count). The third kappa shape index (κ3) is 4.15. The molecule has 0 N–H and O–H groups in total. The third-order valence-corrected chi connectivity index (χ3v) is 7.11. The fourth-order valence-electron chi connectivity index (χ4n) is 4.18. The molecule has 1 fully saturated rings. The summed E-state index contributed by atoms with van der Waals surface area (Å²) in [6, 6.07) is 8.19. The Kier molecular flexibility index (Phi) is 5.59. The van der Waals surface area contributed by atoms with Crippen LogP contribution in [0.15, 0.2) is 42.6 Å². The molecule has 3 aromatic heterocycles. The van der Waals surface area contributed by atoms with Crippen LogP contribution in [0.25, 0.3) is 16.2 Å². The average molecular weight is 489 g/mol. The van der Waals surface area contributed by atoms with E-state index < -0.39 is 11.7 Å². The second-order valence-corrected chi connectivity index (χ2v) is 9.23. The van der Waals surface area contributed by atoms with Gasteiger partial charge in [0.25, 0.3) is 5.91 Å². The largest absolute Gasteiger partial charge is 0.417 e. The lowest BCUT2D eigenvalue weighted by atomic mass is 9.97. The molecule has 1 aromatic carbocycles. The number of thiazole rings is 1. The smallest absolute Gasteiger partial charge is 0.337 e. The molecular weight excluding hydrogens is 470 g/mol. The van der Waals surface area contributed by atoms with Gasteiger partial charge in [0.05, 0.1) is 11.3 Å². The Morgan fingerprint density at radius 2 is 1.88 bits per heavy atom. The number of pyridine rings is 1. The molecule has 4 aromatic rings. The zero-order valence-electron chi connectivity index (χ0n) is 18.0. The predicted molar refractivity (Wildman–Crippen MR) is 118 cm³/mol. The summed E-state index contributed by atoms with van der Waals surface area (Å²) in [5.41, 5.74) is 0.853. The van der Waals surface area contributed by atoms with Gasteiger partial charge in [-0.3, -0.25) is 9.20 Å². The molecule has 0 saturated carbocycles. The van der Waals surface area contributed by atoms with Crippen molar-refractivity contribution in [1.82, 2.24) is 24.5 Å². The molecule has 1 aliphatic heterocycles. The van der Waals surface area contributed by atoms with E-state index in [1.54, 1.807) is 24.0 Å². The lowest BCUT2D eigenvalue weighted by molar-refractivity contribution is -0.137. The SMILES string of the molecule is Cc1nc(-c2ccc(F)cc2)sc1C(=O)N1CCCC(c2nnc3ccc(C(F)(F)F)cn23)C1. The van der Waals surface area contributed by atoms with Crippen LogP contribution in [0.2, 0.25) is 0 Å². The summed E-state index contributed by atoms with van der Waals surface area (Å²) in [6.45, 7) is 2.60. The number of aryl methyl sites for hydroxylation is 1. The minimum Gasteiger partial charge on any atom is -0.337 e. The van der Waals surface area contributed by atoms with E-state index in [-0.39, 0.29) is 17.6 Å². The quantitative estimate of drug-likeness (QED) is 0.365. The van der Waals surface area contributed by atoms with Crippen LogP contribution in [-0.2, 0) is 6.18 Å². The number of alkyl halides is 3. The molecule has 1 unspecified atom stereocenters. The lowest BCUT2D eigenvalue weighted by Gasteiger charge is -2.31. The zero-order valence-corrected chi connectivity index (χ0v) is 18.8. The summed E-state index contributed by atoms with van der Waals surface area (Å²) < 4.78 is 54.2. The topological polar surface area (TPSA) is 63.4 Å². The van der Waals surface area contributed by atoms with Crippen molar-refractivity contribution in [2.75, 3.05) is 13.1 Å². The van der Waals surface area contributed by atoms with Crippen molar-refractivity contribution < 1.29 is 22.4 Å². The number of likely N-dealkylation sites (tertiary alicyclic amines) is 1. The van der Waals surface area contributed by atoms with E-state index in [9.17, 15) is 22.4 Å². The van der Waals surface area contributed by atoms with Crippen molar-refractivity contribution in [2.45, 2.75) is 31.9 Å². The highest BCUT2D eigenvalue weighted by molar-refractivity contribution is 7.17. The zero-order chi connectivity index (χ0) is 24.0. The van der Waals surface area contributed by atoms with Crippen LogP contribution in [0.3, 0.4) is 0 Å². The van der Waals surface area contributed by atoms with Crippen LogP contribution in [0, 0.1) is 12.7 Å². The molecule has 1 aliphatic rings. The van der Waals surface area contributed by atoms with Gasteiger partial charge in [0.1, 0.15) is 21.5 Å². The minimum absolute atomic E-state index is 0.183. The minimum atomic E-state index is -4.48. The second-order valence-electron chi connectivity index (χ2n) is 8.23. The van der Waals surface area contributed by atoms with Crippen molar-refractivity contribution in [3.05, 3.63) is 70.4 Å². The van der Waals surface area contributed by atoms with E-state index >= 15 is 0 Å². The summed E-state index contributed by atoms with van der Waals surface area (Å²) in [5, 5.41) is 8.78. The molecule has 11 heteroatoms. The van der Waals surface area contributed by atoms with Crippen molar-refractivity contribution in [3.63, 3.8) is 0 Å². The number of benzene rings is 1. The maximum atomic E-state index is 13.3. The normalized spacial score (nSPS) is 16.9. The number of fused-ring (bicyclic) bond motifs is 1. The maximum Gasteiger partial charge on any atom is 0.417 e. The highest BCUT2D eigenvalue weighted by Crippen LogP contribution is 2.33. The first-order valence-corrected chi connectivity index (χ1v) is 11.5. The van der Waals surface area contributed by atoms with Crippen molar-refractivity contribution in [2.24, 2.45) is 0 Å². The highest BCUT2D eigenvalue weighted by Gasteiger charge is 2.33. The predicted octanol–water partition coefficient (Wildman–Crippen LogP) is 5.34.